The molecule has 56 valence electrons. The Morgan fingerprint density at radius 2 is 2.30 bits per heavy atom. The quantitative estimate of drug-likeness (QED) is 0.546. The molecule has 0 amide bonds. The second kappa shape index (κ2) is 2.32. The molecule has 1 aliphatic carbocycles. The van der Waals surface area contributed by atoms with E-state index < -0.39 is 11.6 Å². The summed E-state index contributed by atoms with van der Waals surface area (Å²) in [6.45, 7) is 0. The summed E-state index contributed by atoms with van der Waals surface area (Å²) in [5.41, 5.74) is 4.95. The third-order valence-electron chi connectivity index (χ3n) is 1.11. The van der Waals surface area contributed by atoms with E-state index in [0.29, 0.717) is 6.08 Å². The summed E-state index contributed by atoms with van der Waals surface area (Å²) >= 11 is 5.36. The number of nitrogens with two attached hydrogens (primary N) is 1. The third-order valence-corrected chi connectivity index (χ3v) is 1.35. The van der Waals surface area contributed by atoms with Crippen LogP contribution in [0.2, 0.25) is 0 Å². The second-order valence-corrected chi connectivity index (χ2v) is 2.71. The minimum atomic E-state index is -2.12. The van der Waals surface area contributed by atoms with Gasteiger partial charge in [0.25, 0.3) is 0 Å². The van der Waals surface area contributed by atoms with E-state index in [2.05, 4.69) is 0 Å². The smallest absolute Gasteiger partial charge is 0.185 e. The van der Waals surface area contributed by atoms with Crippen LogP contribution in [0.5, 0.6) is 0 Å². The molecule has 0 bridgehead atoms. The van der Waals surface area contributed by atoms with Crippen molar-refractivity contribution in [2.24, 2.45) is 5.73 Å². The normalized spacial score (nSPS) is 33.2. The lowest BCUT2D eigenvalue weighted by molar-refractivity contribution is 0.235. The molecule has 10 heavy (non-hydrogen) atoms. The predicted molar refractivity (Wildman–Crippen MR) is 35.8 cm³/mol. The topological polar surface area (TPSA) is 26.0 Å². The fraction of sp³-hybridized carbons (Fsp3) is 0.333. The monoisotopic (exact) mass is 165 g/mol. The number of halogens is 3. The minimum absolute atomic E-state index is 0.102. The molecule has 0 saturated heterocycles. The zero-order chi connectivity index (χ0) is 7.78. The molecular weight excluding hydrogens is 160 g/mol. The van der Waals surface area contributed by atoms with Gasteiger partial charge >= 0.3 is 0 Å². The lowest BCUT2D eigenvalue weighted by Crippen LogP contribution is -2.33. The van der Waals surface area contributed by atoms with Crippen LogP contribution in [-0.4, -0.2) is 5.79 Å². The number of allylic oxidation sites excluding steroid dienone is 2. The fourth-order valence-corrected chi connectivity index (χ4v) is 1.09. The van der Waals surface area contributed by atoms with E-state index in [0.717, 1.165) is 6.08 Å². The Morgan fingerprint density at radius 1 is 1.70 bits per heavy atom. The van der Waals surface area contributed by atoms with Crippen molar-refractivity contribution in [1.82, 2.24) is 0 Å². The van der Waals surface area contributed by atoms with Crippen LogP contribution in [0.3, 0.4) is 0 Å². The number of alkyl halides is 1. The maximum Gasteiger partial charge on any atom is 0.185 e. The Kier molecular flexibility index (Phi) is 1.79. The third kappa shape index (κ3) is 1.78. The van der Waals surface area contributed by atoms with Gasteiger partial charge < -0.3 is 0 Å². The van der Waals surface area contributed by atoms with Crippen molar-refractivity contribution < 1.29 is 8.78 Å². The maximum atomic E-state index is 12.7. The van der Waals surface area contributed by atoms with Gasteiger partial charge in [-0.2, -0.15) is 0 Å². The summed E-state index contributed by atoms with van der Waals surface area (Å²) in [5, 5.41) is 0.102. The van der Waals surface area contributed by atoms with Crippen LogP contribution in [0.15, 0.2) is 23.0 Å². The van der Waals surface area contributed by atoms with Gasteiger partial charge in [-0.3, -0.25) is 5.73 Å². The van der Waals surface area contributed by atoms with Gasteiger partial charge in [0.05, 0.1) is 0 Å². The van der Waals surface area contributed by atoms with Gasteiger partial charge in [0, 0.05) is 17.5 Å². The van der Waals surface area contributed by atoms with Crippen LogP contribution >= 0.6 is 11.6 Å². The van der Waals surface area contributed by atoms with Gasteiger partial charge in [0.2, 0.25) is 0 Å². The van der Waals surface area contributed by atoms with Crippen LogP contribution < -0.4 is 5.73 Å². The summed E-state index contributed by atoms with van der Waals surface area (Å²) in [7, 11) is 0. The van der Waals surface area contributed by atoms with Crippen LogP contribution in [-0.2, 0) is 0 Å². The summed E-state index contributed by atoms with van der Waals surface area (Å²) in [5.74, 6) is -2.84. The SMILES string of the molecule is NC1(F)C=C(F)C=C(Cl)C1. The Labute approximate surface area is 62.2 Å². The molecule has 2 N–H and O–H groups in total. The zero-order valence-electron chi connectivity index (χ0n) is 5.07. The van der Waals surface area contributed by atoms with Crippen LogP contribution in [0.1, 0.15) is 6.42 Å². The molecule has 0 aliphatic heterocycles. The van der Waals surface area contributed by atoms with Crippen LogP contribution in [0.25, 0.3) is 0 Å². The molecule has 0 saturated carbocycles. The average Bonchev–Trinajstić information content (AvgIpc) is 1.54. The van der Waals surface area contributed by atoms with Crippen molar-refractivity contribution >= 4 is 11.6 Å². The van der Waals surface area contributed by atoms with Crippen molar-refractivity contribution in [1.29, 1.82) is 0 Å². The Bertz CT molecular complexity index is 208. The van der Waals surface area contributed by atoms with Gasteiger partial charge in [-0.25, -0.2) is 8.78 Å². The average molecular weight is 166 g/mol. The number of hydrogen-bond acceptors (Lipinski definition) is 1. The van der Waals surface area contributed by atoms with E-state index in [1.807, 2.05) is 0 Å². The Hall–Kier alpha value is -0.410. The minimum Gasteiger partial charge on any atom is -0.295 e. The number of hydrogen-bond donors (Lipinski definition) is 1. The van der Waals surface area contributed by atoms with Gasteiger partial charge in [0.1, 0.15) is 5.83 Å². The first-order valence-electron chi connectivity index (χ1n) is 2.72. The molecule has 0 aromatic heterocycles. The number of rotatable bonds is 0. The highest BCUT2D eigenvalue weighted by Crippen LogP contribution is 2.28. The first-order chi connectivity index (χ1) is 4.49. The van der Waals surface area contributed by atoms with Gasteiger partial charge in [-0.15, -0.1) is 0 Å². The molecule has 0 radical (unpaired) electrons. The summed E-state index contributed by atoms with van der Waals surface area (Å²) < 4.78 is 25.0. The lowest BCUT2D eigenvalue weighted by atomic mass is 10.1. The molecular formula is C6H6ClF2N. The van der Waals surface area contributed by atoms with E-state index in [1.165, 1.54) is 0 Å². The van der Waals surface area contributed by atoms with Crippen molar-refractivity contribution in [2.45, 2.75) is 12.2 Å². The van der Waals surface area contributed by atoms with E-state index in [1.54, 1.807) is 0 Å². The second-order valence-electron chi connectivity index (χ2n) is 2.22. The van der Waals surface area contributed by atoms with Gasteiger partial charge in [0.15, 0.2) is 5.79 Å². The first-order valence-corrected chi connectivity index (χ1v) is 3.10. The molecule has 1 nitrogen and oxygen atoms in total. The molecule has 0 aromatic carbocycles. The fourth-order valence-electron chi connectivity index (χ4n) is 0.781. The van der Waals surface area contributed by atoms with Crippen molar-refractivity contribution in [3.05, 3.63) is 23.0 Å². The van der Waals surface area contributed by atoms with Gasteiger partial charge in [-0.05, 0) is 6.08 Å². The van der Waals surface area contributed by atoms with Gasteiger partial charge in [-0.1, -0.05) is 11.6 Å². The zero-order valence-corrected chi connectivity index (χ0v) is 5.83. The molecule has 4 heteroatoms. The Balaban J connectivity index is 2.88. The molecule has 0 fully saturated rings. The van der Waals surface area contributed by atoms with Crippen molar-refractivity contribution in [3.8, 4) is 0 Å². The van der Waals surface area contributed by atoms with Crippen LogP contribution in [0.4, 0.5) is 8.78 Å². The molecule has 0 heterocycles. The van der Waals surface area contributed by atoms with E-state index in [4.69, 9.17) is 17.3 Å². The van der Waals surface area contributed by atoms with Crippen LogP contribution in [0, 0.1) is 0 Å². The van der Waals surface area contributed by atoms with E-state index in [9.17, 15) is 8.78 Å². The lowest BCUT2D eigenvalue weighted by Gasteiger charge is -2.18. The standard InChI is InChI=1S/C6H6ClF2N/c7-4-1-5(8)3-6(9,10)2-4/h1,3H,2,10H2. The molecule has 1 unspecified atom stereocenters. The van der Waals surface area contributed by atoms with Crippen molar-refractivity contribution in [3.63, 3.8) is 0 Å². The molecule has 0 spiro atoms. The molecule has 1 aliphatic rings. The predicted octanol–water partition coefficient (Wildman–Crippen LogP) is 1.99. The summed E-state index contributed by atoms with van der Waals surface area (Å²) in [6, 6.07) is 0. The highest BCUT2D eigenvalue weighted by molar-refractivity contribution is 6.29. The van der Waals surface area contributed by atoms with Crippen molar-refractivity contribution in [2.75, 3.05) is 0 Å². The summed E-state index contributed by atoms with van der Waals surface area (Å²) in [4.78, 5) is 0. The summed E-state index contributed by atoms with van der Waals surface area (Å²) in [6.07, 6.45) is 1.60. The highest BCUT2D eigenvalue weighted by Gasteiger charge is 2.26. The largest absolute Gasteiger partial charge is 0.295 e. The molecule has 0 aromatic rings. The van der Waals surface area contributed by atoms with E-state index >= 15 is 0 Å². The molecule has 1 rings (SSSR count). The highest BCUT2D eigenvalue weighted by atomic mass is 35.5. The van der Waals surface area contributed by atoms with E-state index in [-0.39, 0.29) is 11.5 Å². The Morgan fingerprint density at radius 3 is 2.70 bits per heavy atom. The first kappa shape index (κ1) is 7.69. The molecule has 1 atom stereocenters. The maximum absolute atomic E-state index is 12.7.